The first kappa shape index (κ1) is 12.2. The Hall–Kier alpha value is -0.780. The smallest absolute Gasteiger partial charge is 0.425 e. The van der Waals surface area contributed by atoms with Crippen LogP contribution in [-0.2, 0) is 9.53 Å². The summed E-state index contributed by atoms with van der Waals surface area (Å²) in [5, 5.41) is 8.23. The van der Waals surface area contributed by atoms with Crippen molar-refractivity contribution in [3.05, 3.63) is 0 Å². The van der Waals surface area contributed by atoms with Crippen LogP contribution in [0.1, 0.15) is 20.8 Å². The minimum Gasteiger partial charge on any atom is -0.479 e. The lowest BCUT2D eigenvalue weighted by molar-refractivity contribution is -0.247. The van der Waals surface area contributed by atoms with Gasteiger partial charge in [0.05, 0.1) is 5.60 Å². The topological polar surface area (TPSA) is 46.5 Å². The van der Waals surface area contributed by atoms with Gasteiger partial charge < -0.3 is 9.84 Å². The van der Waals surface area contributed by atoms with Gasteiger partial charge in [0.25, 0.3) is 6.10 Å². The minimum absolute atomic E-state index is 1.14. The largest absolute Gasteiger partial charge is 0.479 e. The summed E-state index contributed by atoms with van der Waals surface area (Å²) >= 11 is 0. The van der Waals surface area contributed by atoms with E-state index in [2.05, 4.69) is 4.74 Å². The zero-order chi connectivity index (χ0) is 10.9. The third kappa shape index (κ3) is 4.72. The van der Waals surface area contributed by atoms with Crippen molar-refractivity contribution in [3.8, 4) is 0 Å². The molecule has 0 rings (SSSR count). The van der Waals surface area contributed by atoms with Crippen LogP contribution in [0.2, 0.25) is 0 Å². The van der Waals surface area contributed by atoms with Crippen molar-refractivity contribution in [1.82, 2.24) is 0 Å². The Labute approximate surface area is 73.5 Å². The molecule has 0 saturated heterocycles. The molecule has 0 spiro atoms. The first-order valence-corrected chi connectivity index (χ1v) is 3.51. The zero-order valence-corrected chi connectivity index (χ0v) is 7.47. The maximum Gasteiger partial charge on any atom is 0.425 e. The molecule has 0 radical (unpaired) electrons. The maximum atomic E-state index is 12.0. The Morgan fingerprint density at radius 1 is 1.31 bits per heavy atom. The number of carbonyl (C=O) groups is 1. The normalized spacial score (nSPS) is 15.5. The van der Waals surface area contributed by atoms with Crippen LogP contribution in [0.4, 0.5) is 13.2 Å². The molecule has 0 aliphatic heterocycles. The van der Waals surface area contributed by atoms with E-state index in [1.807, 2.05) is 0 Å². The predicted molar refractivity (Wildman–Crippen MR) is 38.3 cm³/mol. The average molecular weight is 200 g/mol. The van der Waals surface area contributed by atoms with Crippen LogP contribution in [0.25, 0.3) is 0 Å². The van der Waals surface area contributed by atoms with E-state index in [-0.39, 0.29) is 0 Å². The lowest BCUT2D eigenvalue weighted by Crippen LogP contribution is -2.43. The summed E-state index contributed by atoms with van der Waals surface area (Å²) in [5.74, 6) is -2.03. The Kier molecular flexibility index (Phi) is 3.32. The quantitative estimate of drug-likeness (QED) is 0.739. The van der Waals surface area contributed by atoms with Crippen LogP contribution >= 0.6 is 0 Å². The van der Waals surface area contributed by atoms with E-state index >= 15 is 0 Å². The van der Waals surface area contributed by atoms with Gasteiger partial charge in [-0.15, -0.1) is 0 Å². The molecule has 0 heterocycles. The van der Waals surface area contributed by atoms with Crippen molar-refractivity contribution < 1.29 is 27.8 Å². The number of halogens is 3. The molecule has 1 atom stereocenters. The molecular formula is C7H11F3O3. The molecule has 0 aromatic heterocycles. The summed E-state index contributed by atoms with van der Waals surface area (Å²) in [6.07, 6.45) is -7.63. The van der Waals surface area contributed by atoms with E-state index < -0.39 is 23.9 Å². The second-order valence-corrected chi connectivity index (χ2v) is 3.49. The van der Waals surface area contributed by atoms with Gasteiger partial charge in [0.1, 0.15) is 0 Å². The molecule has 78 valence electrons. The number of hydrogen-bond acceptors (Lipinski definition) is 2. The standard InChI is InChI=1S/C7H11F3O3/c1-6(2,3)13-4(5(11)12)7(8,9)10/h4H,1-3H3,(H,11,12). The number of ether oxygens (including phenoxy) is 1. The van der Waals surface area contributed by atoms with Crippen LogP contribution in [0.3, 0.4) is 0 Å². The van der Waals surface area contributed by atoms with Crippen molar-refractivity contribution in [3.63, 3.8) is 0 Å². The highest BCUT2D eigenvalue weighted by Gasteiger charge is 2.48. The fourth-order valence-corrected chi connectivity index (χ4v) is 0.611. The van der Waals surface area contributed by atoms with Crippen LogP contribution < -0.4 is 0 Å². The highest BCUT2D eigenvalue weighted by atomic mass is 19.4. The number of rotatable bonds is 2. The summed E-state index contributed by atoms with van der Waals surface area (Å²) in [4.78, 5) is 10.2. The number of carboxylic acid groups (broad SMARTS) is 1. The van der Waals surface area contributed by atoms with Gasteiger partial charge in [0.2, 0.25) is 0 Å². The summed E-state index contributed by atoms with van der Waals surface area (Å²) in [5.41, 5.74) is -1.14. The van der Waals surface area contributed by atoms with E-state index in [9.17, 15) is 18.0 Å². The van der Waals surface area contributed by atoms with E-state index in [1.165, 1.54) is 20.8 Å². The number of aliphatic carboxylic acids is 1. The molecule has 3 nitrogen and oxygen atoms in total. The first-order valence-electron chi connectivity index (χ1n) is 3.51. The Bertz CT molecular complexity index is 192. The first-order chi connectivity index (χ1) is 5.54. The highest BCUT2D eigenvalue weighted by molar-refractivity contribution is 5.73. The van der Waals surface area contributed by atoms with E-state index in [0.717, 1.165) is 0 Å². The summed E-state index contributed by atoms with van der Waals surface area (Å²) in [6.45, 7) is 4.07. The lowest BCUT2D eigenvalue weighted by Gasteiger charge is -2.26. The monoisotopic (exact) mass is 200 g/mol. The predicted octanol–water partition coefficient (Wildman–Crippen LogP) is 1.82. The fourth-order valence-electron chi connectivity index (χ4n) is 0.611. The van der Waals surface area contributed by atoms with E-state index in [1.54, 1.807) is 0 Å². The molecule has 1 unspecified atom stereocenters. The third-order valence-corrected chi connectivity index (χ3v) is 0.993. The average Bonchev–Trinajstić information content (AvgIpc) is 1.77. The molecule has 6 heteroatoms. The van der Waals surface area contributed by atoms with Crippen molar-refractivity contribution >= 4 is 5.97 Å². The zero-order valence-electron chi connectivity index (χ0n) is 7.47. The minimum atomic E-state index is -4.88. The van der Waals surface area contributed by atoms with Crippen molar-refractivity contribution in [2.24, 2.45) is 0 Å². The van der Waals surface area contributed by atoms with Gasteiger partial charge in [-0.25, -0.2) is 4.79 Å². The number of alkyl halides is 3. The van der Waals surface area contributed by atoms with Crippen LogP contribution in [0.5, 0.6) is 0 Å². The molecule has 0 aliphatic rings. The van der Waals surface area contributed by atoms with Gasteiger partial charge in [0.15, 0.2) is 0 Å². The highest BCUT2D eigenvalue weighted by Crippen LogP contribution is 2.26. The third-order valence-electron chi connectivity index (χ3n) is 0.993. The van der Waals surface area contributed by atoms with Crippen molar-refractivity contribution in [2.75, 3.05) is 0 Å². The molecule has 0 aromatic carbocycles. The lowest BCUT2D eigenvalue weighted by atomic mass is 10.2. The van der Waals surface area contributed by atoms with Gasteiger partial charge in [-0.2, -0.15) is 13.2 Å². The molecule has 0 aliphatic carbocycles. The van der Waals surface area contributed by atoms with Gasteiger partial charge in [-0.3, -0.25) is 0 Å². The van der Waals surface area contributed by atoms with Crippen molar-refractivity contribution in [1.29, 1.82) is 0 Å². The Morgan fingerprint density at radius 3 is 1.77 bits per heavy atom. The molecule has 13 heavy (non-hydrogen) atoms. The molecule has 0 saturated carbocycles. The number of carboxylic acids is 1. The SMILES string of the molecule is CC(C)(C)OC(C(=O)O)C(F)(F)F. The van der Waals surface area contributed by atoms with Gasteiger partial charge >= 0.3 is 12.1 Å². The molecule has 0 fully saturated rings. The Morgan fingerprint density at radius 2 is 1.69 bits per heavy atom. The molecule has 0 amide bonds. The van der Waals surface area contributed by atoms with Crippen LogP contribution in [0, 0.1) is 0 Å². The summed E-state index contributed by atoms with van der Waals surface area (Å²) in [7, 11) is 0. The van der Waals surface area contributed by atoms with Gasteiger partial charge in [-0.1, -0.05) is 0 Å². The van der Waals surface area contributed by atoms with Crippen molar-refractivity contribution in [2.45, 2.75) is 38.7 Å². The molecule has 1 N–H and O–H groups in total. The second-order valence-electron chi connectivity index (χ2n) is 3.49. The van der Waals surface area contributed by atoms with Gasteiger partial charge in [0, 0.05) is 0 Å². The van der Waals surface area contributed by atoms with Crippen LogP contribution in [-0.4, -0.2) is 29.0 Å². The van der Waals surface area contributed by atoms with Crippen LogP contribution in [0.15, 0.2) is 0 Å². The molecular weight excluding hydrogens is 189 g/mol. The van der Waals surface area contributed by atoms with E-state index in [0.29, 0.717) is 0 Å². The molecule has 0 aromatic rings. The summed E-state index contributed by atoms with van der Waals surface area (Å²) < 4.78 is 40.3. The summed E-state index contributed by atoms with van der Waals surface area (Å²) in [6, 6.07) is 0. The van der Waals surface area contributed by atoms with E-state index in [4.69, 9.17) is 5.11 Å². The fraction of sp³-hybridized carbons (Fsp3) is 0.857. The second kappa shape index (κ2) is 3.53. The Balaban J connectivity index is 4.56. The molecule has 0 bridgehead atoms. The van der Waals surface area contributed by atoms with Gasteiger partial charge in [-0.05, 0) is 20.8 Å². The number of hydrogen-bond donors (Lipinski definition) is 1. The maximum absolute atomic E-state index is 12.0.